The van der Waals surface area contributed by atoms with E-state index < -0.39 is 0 Å². The highest BCUT2D eigenvalue weighted by atomic mass is 16.5. The Kier molecular flexibility index (Phi) is 7.00. The molecule has 1 aromatic heterocycles. The molecule has 0 saturated carbocycles. The van der Waals surface area contributed by atoms with Gasteiger partial charge in [-0.05, 0) is 37.6 Å². The van der Waals surface area contributed by atoms with Crippen molar-refractivity contribution in [1.29, 1.82) is 0 Å². The number of carbonyl (C=O) groups is 1. The number of nitrogens with one attached hydrogen (secondary N) is 3. The van der Waals surface area contributed by atoms with Crippen LogP contribution in [0, 0.1) is 6.92 Å². The van der Waals surface area contributed by atoms with Gasteiger partial charge < -0.3 is 20.7 Å². The predicted octanol–water partition coefficient (Wildman–Crippen LogP) is 2.87. The minimum atomic E-state index is 0.0660. The van der Waals surface area contributed by atoms with Crippen molar-refractivity contribution in [2.24, 2.45) is 0 Å². The Bertz CT molecular complexity index is 688. The number of nitrogens with zero attached hydrogens (tertiary/aromatic N) is 2. The van der Waals surface area contributed by atoms with Crippen LogP contribution in [0.2, 0.25) is 0 Å². The fraction of sp³-hybridized carbons (Fsp3) is 0.389. The molecule has 0 radical (unpaired) electrons. The van der Waals surface area contributed by atoms with Gasteiger partial charge in [0.25, 0.3) is 0 Å². The average molecular weight is 343 g/mol. The van der Waals surface area contributed by atoms with E-state index in [0.717, 1.165) is 23.6 Å². The quantitative estimate of drug-likeness (QED) is 0.607. The van der Waals surface area contributed by atoms with Gasteiger partial charge in [-0.2, -0.15) is 4.98 Å². The van der Waals surface area contributed by atoms with E-state index in [0.29, 0.717) is 31.3 Å². The summed E-state index contributed by atoms with van der Waals surface area (Å²) in [6.45, 7) is 5.00. The van der Waals surface area contributed by atoms with Crippen LogP contribution in [0.5, 0.6) is 5.75 Å². The monoisotopic (exact) mass is 343 g/mol. The van der Waals surface area contributed by atoms with Gasteiger partial charge in [0.1, 0.15) is 11.6 Å². The fourth-order valence-electron chi connectivity index (χ4n) is 2.23. The van der Waals surface area contributed by atoms with Gasteiger partial charge in [-0.3, -0.25) is 4.79 Å². The molecule has 0 aliphatic heterocycles. The third-order valence-electron chi connectivity index (χ3n) is 3.42. The molecule has 25 heavy (non-hydrogen) atoms. The van der Waals surface area contributed by atoms with Gasteiger partial charge in [0.05, 0.1) is 7.11 Å². The highest BCUT2D eigenvalue weighted by Gasteiger charge is 2.04. The lowest BCUT2D eigenvalue weighted by molar-refractivity contribution is -0.121. The molecule has 3 N–H and O–H groups in total. The summed E-state index contributed by atoms with van der Waals surface area (Å²) in [5.74, 6) is 2.10. The van der Waals surface area contributed by atoms with E-state index in [4.69, 9.17) is 4.74 Å². The standard InChI is InChI=1S/C18H25N5O2/c1-4-5-17(24)19-10-11-20-18-21-13(2)12-16(23-18)22-14-6-8-15(25-3)9-7-14/h6-9,12H,4-5,10-11H2,1-3H3,(H,19,24)(H2,20,21,22,23). The van der Waals surface area contributed by atoms with Crippen LogP contribution in [0.3, 0.4) is 0 Å². The minimum Gasteiger partial charge on any atom is -0.497 e. The zero-order valence-electron chi connectivity index (χ0n) is 14.9. The molecule has 134 valence electrons. The Morgan fingerprint density at radius 1 is 1.16 bits per heavy atom. The molecule has 1 aromatic carbocycles. The normalized spacial score (nSPS) is 10.2. The number of anilines is 3. The predicted molar refractivity (Wildman–Crippen MR) is 99.5 cm³/mol. The van der Waals surface area contributed by atoms with E-state index in [1.54, 1.807) is 7.11 Å². The third-order valence-corrected chi connectivity index (χ3v) is 3.42. The molecule has 1 amide bonds. The largest absolute Gasteiger partial charge is 0.497 e. The van der Waals surface area contributed by atoms with Crippen molar-refractivity contribution in [2.45, 2.75) is 26.7 Å². The summed E-state index contributed by atoms with van der Waals surface area (Å²) in [5.41, 5.74) is 1.76. The number of ether oxygens (including phenoxy) is 1. The highest BCUT2D eigenvalue weighted by molar-refractivity contribution is 5.75. The van der Waals surface area contributed by atoms with E-state index in [2.05, 4.69) is 25.9 Å². The van der Waals surface area contributed by atoms with Gasteiger partial charge >= 0.3 is 0 Å². The first-order valence-corrected chi connectivity index (χ1v) is 8.38. The second-order valence-corrected chi connectivity index (χ2v) is 5.60. The maximum atomic E-state index is 11.4. The number of rotatable bonds is 9. The molecule has 0 aliphatic carbocycles. The zero-order chi connectivity index (χ0) is 18.1. The lowest BCUT2D eigenvalue weighted by atomic mass is 10.3. The average Bonchev–Trinajstić information content (AvgIpc) is 2.59. The molecule has 0 spiro atoms. The maximum absolute atomic E-state index is 11.4. The number of aryl methyl sites for hydroxylation is 1. The maximum Gasteiger partial charge on any atom is 0.224 e. The third kappa shape index (κ3) is 6.29. The molecule has 0 aliphatic rings. The molecular weight excluding hydrogens is 318 g/mol. The Labute approximate surface area is 148 Å². The van der Waals surface area contributed by atoms with Crippen LogP contribution < -0.4 is 20.7 Å². The second-order valence-electron chi connectivity index (χ2n) is 5.60. The van der Waals surface area contributed by atoms with Gasteiger partial charge in [-0.15, -0.1) is 0 Å². The van der Waals surface area contributed by atoms with E-state index in [9.17, 15) is 4.79 Å². The molecule has 7 nitrogen and oxygen atoms in total. The highest BCUT2D eigenvalue weighted by Crippen LogP contribution is 2.19. The number of methoxy groups -OCH3 is 1. The molecule has 2 aromatic rings. The summed E-state index contributed by atoms with van der Waals surface area (Å²) in [6, 6.07) is 9.49. The lowest BCUT2D eigenvalue weighted by Crippen LogP contribution is -2.28. The zero-order valence-corrected chi connectivity index (χ0v) is 14.9. The van der Waals surface area contributed by atoms with Crippen molar-refractivity contribution >= 4 is 23.4 Å². The Hall–Kier alpha value is -2.83. The van der Waals surface area contributed by atoms with Crippen LogP contribution >= 0.6 is 0 Å². The summed E-state index contributed by atoms with van der Waals surface area (Å²) in [4.78, 5) is 20.2. The summed E-state index contributed by atoms with van der Waals surface area (Å²) in [7, 11) is 1.64. The van der Waals surface area contributed by atoms with Gasteiger partial charge in [0, 0.05) is 37.0 Å². The summed E-state index contributed by atoms with van der Waals surface area (Å²) >= 11 is 0. The molecule has 0 atom stereocenters. The Balaban J connectivity index is 1.91. The molecule has 7 heteroatoms. The first kappa shape index (κ1) is 18.5. The van der Waals surface area contributed by atoms with E-state index >= 15 is 0 Å². The molecular formula is C18H25N5O2. The van der Waals surface area contributed by atoms with Crippen LogP contribution in [-0.2, 0) is 4.79 Å². The van der Waals surface area contributed by atoms with Crippen LogP contribution in [0.25, 0.3) is 0 Å². The number of amides is 1. The summed E-state index contributed by atoms with van der Waals surface area (Å²) in [6.07, 6.45) is 1.40. The van der Waals surface area contributed by atoms with Gasteiger partial charge in [-0.1, -0.05) is 6.92 Å². The van der Waals surface area contributed by atoms with Crippen molar-refractivity contribution in [3.63, 3.8) is 0 Å². The molecule has 0 bridgehead atoms. The van der Waals surface area contributed by atoms with Crippen LogP contribution in [0.4, 0.5) is 17.5 Å². The smallest absolute Gasteiger partial charge is 0.224 e. The molecule has 0 saturated heterocycles. The number of carbonyl (C=O) groups excluding carboxylic acids is 1. The van der Waals surface area contributed by atoms with Crippen molar-refractivity contribution in [3.8, 4) is 5.75 Å². The molecule has 0 fully saturated rings. The summed E-state index contributed by atoms with van der Waals surface area (Å²) in [5, 5.41) is 9.23. The van der Waals surface area contributed by atoms with E-state index in [1.165, 1.54) is 0 Å². The first-order valence-electron chi connectivity index (χ1n) is 8.38. The molecule has 0 unspecified atom stereocenters. The minimum absolute atomic E-state index is 0.0660. The number of hydrogen-bond acceptors (Lipinski definition) is 6. The fourth-order valence-corrected chi connectivity index (χ4v) is 2.23. The number of aromatic nitrogens is 2. The lowest BCUT2D eigenvalue weighted by Gasteiger charge is -2.11. The van der Waals surface area contributed by atoms with Crippen LogP contribution in [0.15, 0.2) is 30.3 Å². The van der Waals surface area contributed by atoms with Gasteiger partial charge in [0.15, 0.2) is 0 Å². The number of benzene rings is 1. The van der Waals surface area contributed by atoms with E-state index in [-0.39, 0.29) is 5.91 Å². The van der Waals surface area contributed by atoms with Crippen molar-refractivity contribution < 1.29 is 9.53 Å². The van der Waals surface area contributed by atoms with Gasteiger partial charge in [-0.25, -0.2) is 4.98 Å². The Morgan fingerprint density at radius 3 is 2.60 bits per heavy atom. The topological polar surface area (TPSA) is 88.2 Å². The van der Waals surface area contributed by atoms with Crippen molar-refractivity contribution in [1.82, 2.24) is 15.3 Å². The van der Waals surface area contributed by atoms with Crippen molar-refractivity contribution in [2.75, 3.05) is 30.8 Å². The number of hydrogen-bond donors (Lipinski definition) is 3. The molecule has 1 heterocycles. The van der Waals surface area contributed by atoms with E-state index in [1.807, 2.05) is 44.2 Å². The first-order chi connectivity index (χ1) is 12.1. The Morgan fingerprint density at radius 2 is 1.92 bits per heavy atom. The molecule has 2 rings (SSSR count). The SMILES string of the molecule is CCCC(=O)NCCNc1nc(C)cc(Nc2ccc(OC)cc2)n1. The van der Waals surface area contributed by atoms with Crippen LogP contribution in [0.1, 0.15) is 25.5 Å². The van der Waals surface area contributed by atoms with Gasteiger partial charge in [0.2, 0.25) is 11.9 Å². The van der Waals surface area contributed by atoms with Crippen LogP contribution in [-0.4, -0.2) is 36.1 Å². The second kappa shape index (κ2) is 9.46. The summed E-state index contributed by atoms with van der Waals surface area (Å²) < 4.78 is 5.15. The van der Waals surface area contributed by atoms with Crippen molar-refractivity contribution in [3.05, 3.63) is 36.0 Å².